The van der Waals surface area contributed by atoms with E-state index in [-0.39, 0.29) is 17.7 Å². The molecule has 0 unspecified atom stereocenters. The molecule has 28 heavy (non-hydrogen) atoms. The molecule has 0 saturated heterocycles. The first kappa shape index (κ1) is 20.1. The summed E-state index contributed by atoms with van der Waals surface area (Å²) in [6.07, 6.45) is 1.06. The molecule has 0 aliphatic heterocycles. The monoisotopic (exact) mass is 395 g/mol. The van der Waals surface area contributed by atoms with Crippen LogP contribution in [0.1, 0.15) is 37.9 Å². The van der Waals surface area contributed by atoms with E-state index in [0.29, 0.717) is 17.0 Å². The predicted molar refractivity (Wildman–Crippen MR) is 112 cm³/mol. The summed E-state index contributed by atoms with van der Waals surface area (Å²) < 4.78 is 5.62. The van der Waals surface area contributed by atoms with Crippen LogP contribution in [0.5, 0.6) is 0 Å². The molecular weight excluding hydrogens is 370 g/mol. The summed E-state index contributed by atoms with van der Waals surface area (Å²) in [4.78, 5) is 12.3. The van der Waals surface area contributed by atoms with E-state index in [0.717, 1.165) is 17.5 Å². The van der Waals surface area contributed by atoms with Crippen LogP contribution < -0.4 is 5.32 Å². The maximum atomic E-state index is 12.3. The molecule has 3 aromatic rings. The van der Waals surface area contributed by atoms with Crippen LogP contribution in [0, 0.1) is 5.92 Å². The number of hydrogen-bond donors (Lipinski definition) is 1. The van der Waals surface area contributed by atoms with Crippen molar-refractivity contribution in [2.24, 2.45) is 5.92 Å². The Morgan fingerprint density at radius 2 is 1.75 bits per heavy atom. The molecule has 2 aromatic carbocycles. The van der Waals surface area contributed by atoms with Gasteiger partial charge in [0.25, 0.3) is 5.22 Å². The Morgan fingerprint density at radius 3 is 2.43 bits per heavy atom. The molecule has 1 heterocycles. The van der Waals surface area contributed by atoms with Crippen LogP contribution >= 0.6 is 11.8 Å². The smallest absolute Gasteiger partial charge is 0.277 e. The summed E-state index contributed by atoms with van der Waals surface area (Å²) in [5, 5.41) is 11.4. The fraction of sp³-hybridized carbons (Fsp3) is 0.318. The third kappa shape index (κ3) is 5.70. The van der Waals surface area contributed by atoms with Crippen molar-refractivity contribution in [3.05, 3.63) is 65.7 Å². The first-order valence-corrected chi connectivity index (χ1v) is 10.4. The van der Waals surface area contributed by atoms with Crippen molar-refractivity contribution < 1.29 is 9.21 Å². The molecule has 0 aliphatic carbocycles. The van der Waals surface area contributed by atoms with Crippen molar-refractivity contribution in [1.82, 2.24) is 15.5 Å². The summed E-state index contributed by atoms with van der Waals surface area (Å²) in [5.41, 5.74) is 3.27. The minimum atomic E-state index is -0.0665. The van der Waals surface area contributed by atoms with Crippen molar-refractivity contribution in [2.75, 3.05) is 5.75 Å². The molecule has 1 aromatic heterocycles. The molecule has 3 rings (SSSR count). The number of benzene rings is 2. The molecule has 0 saturated carbocycles. The van der Waals surface area contributed by atoms with E-state index < -0.39 is 0 Å². The van der Waals surface area contributed by atoms with Crippen LogP contribution in [0.3, 0.4) is 0 Å². The number of rotatable bonds is 8. The molecule has 6 heteroatoms. The van der Waals surface area contributed by atoms with Gasteiger partial charge >= 0.3 is 0 Å². The highest BCUT2D eigenvalue weighted by Crippen LogP contribution is 2.23. The predicted octanol–water partition coefficient (Wildman–Crippen LogP) is 4.90. The van der Waals surface area contributed by atoms with Crippen molar-refractivity contribution in [2.45, 2.75) is 38.5 Å². The lowest BCUT2D eigenvalue weighted by Gasteiger charge is -2.15. The van der Waals surface area contributed by atoms with Gasteiger partial charge in [-0.05, 0) is 42.5 Å². The van der Waals surface area contributed by atoms with E-state index in [4.69, 9.17) is 4.42 Å². The van der Waals surface area contributed by atoms with Crippen LogP contribution in [-0.2, 0) is 11.2 Å². The van der Waals surface area contributed by atoms with Gasteiger partial charge < -0.3 is 9.73 Å². The fourth-order valence-electron chi connectivity index (χ4n) is 2.87. The van der Waals surface area contributed by atoms with Gasteiger partial charge in [-0.25, -0.2) is 0 Å². The topological polar surface area (TPSA) is 68.0 Å². The number of nitrogens with zero attached hydrogens (tertiary/aromatic N) is 2. The Hall–Kier alpha value is -2.60. The number of thioether (sulfide) groups is 1. The van der Waals surface area contributed by atoms with Crippen LogP contribution in [0.15, 0.2) is 64.2 Å². The van der Waals surface area contributed by atoms with E-state index in [2.05, 4.69) is 53.6 Å². The SMILES string of the molecule is CC(C)Cc1ccc([C@@H](C)NC(=O)CSc2nnc(-c3ccccc3)o2)cc1. The summed E-state index contributed by atoms with van der Waals surface area (Å²) in [6, 6.07) is 18.0. The van der Waals surface area contributed by atoms with Gasteiger partial charge in [0.1, 0.15) is 0 Å². The summed E-state index contributed by atoms with van der Waals surface area (Å²) in [5.74, 6) is 1.25. The standard InChI is InChI=1S/C22H25N3O2S/c1-15(2)13-17-9-11-18(12-10-17)16(3)23-20(26)14-28-22-25-24-21(27-22)19-7-5-4-6-8-19/h4-12,15-16H,13-14H2,1-3H3,(H,23,26)/t16-/m1/s1. The third-order valence-corrected chi connectivity index (χ3v) is 5.07. The van der Waals surface area contributed by atoms with Gasteiger partial charge in [-0.2, -0.15) is 0 Å². The van der Waals surface area contributed by atoms with Crippen LogP contribution in [0.25, 0.3) is 11.5 Å². The highest BCUT2D eigenvalue weighted by Gasteiger charge is 2.13. The molecule has 146 valence electrons. The Kier molecular flexibility index (Phi) is 6.87. The van der Waals surface area contributed by atoms with Crippen molar-refractivity contribution in [3.8, 4) is 11.5 Å². The normalized spacial score (nSPS) is 12.1. The summed E-state index contributed by atoms with van der Waals surface area (Å²) >= 11 is 1.24. The Labute approximate surface area is 170 Å². The van der Waals surface area contributed by atoms with Gasteiger partial charge in [0, 0.05) is 5.56 Å². The highest BCUT2D eigenvalue weighted by molar-refractivity contribution is 7.99. The van der Waals surface area contributed by atoms with Crippen LogP contribution in [-0.4, -0.2) is 21.9 Å². The first-order valence-electron chi connectivity index (χ1n) is 9.41. The molecule has 0 fully saturated rings. The van der Waals surface area contributed by atoms with E-state index in [1.165, 1.54) is 17.3 Å². The second-order valence-corrected chi connectivity index (χ2v) is 8.08. The number of carbonyl (C=O) groups is 1. The molecule has 0 spiro atoms. The van der Waals surface area contributed by atoms with Crippen LogP contribution in [0.4, 0.5) is 0 Å². The van der Waals surface area contributed by atoms with E-state index in [1.807, 2.05) is 37.3 Å². The van der Waals surface area contributed by atoms with Crippen molar-refractivity contribution in [1.29, 1.82) is 0 Å². The second-order valence-electron chi connectivity index (χ2n) is 7.16. The van der Waals surface area contributed by atoms with Gasteiger partial charge in [0.05, 0.1) is 11.8 Å². The molecule has 0 radical (unpaired) electrons. The number of carbonyl (C=O) groups excluding carboxylic acids is 1. The minimum absolute atomic E-state index is 0.0521. The van der Waals surface area contributed by atoms with Crippen molar-refractivity contribution >= 4 is 17.7 Å². The van der Waals surface area contributed by atoms with E-state index in [1.54, 1.807) is 0 Å². The lowest BCUT2D eigenvalue weighted by Crippen LogP contribution is -2.28. The molecule has 0 bridgehead atoms. The highest BCUT2D eigenvalue weighted by atomic mass is 32.2. The van der Waals surface area contributed by atoms with Gasteiger partial charge in [-0.3, -0.25) is 4.79 Å². The van der Waals surface area contributed by atoms with Gasteiger partial charge in [0.2, 0.25) is 11.8 Å². The maximum absolute atomic E-state index is 12.3. The molecule has 1 amide bonds. The van der Waals surface area contributed by atoms with Gasteiger partial charge in [-0.1, -0.05) is 68.1 Å². The minimum Gasteiger partial charge on any atom is -0.411 e. The van der Waals surface area contributed by atoms with Crippen molar-refractivity contribution in [3.63, 3.8) is 0 Å². The lowest BCUT2D eigenvalue weighted by molar-refractivity contribution is -0.119. The molecule has 1 N–H and O–H groups in total. The number of aromatic nitrogens is 2. The summed E-state index contributed by atoms with van der Waals surface area (Å²) in [7, 11) is 0. The fourth-order valence-corrected chi connectivity index (χ4v) is 3.45. The van der Waals surface area contributed by atoms with Crippen LogP contribution in [0.2, 0.25) is 0 Å². The Balaban J connectivity index is 1.49. The lowest BCUT2D eigenvalue weighted by atomic mass is 10.00. The second kappa shape index (κ2) is 9.55. The van der Waals surface area contributed by atoms with E-state index in [9.17, 15) is 4.79 Å². The zero-order chi connectivity index (χ0) is 19.9. The number of nitrogens with one attached hydrogen (secondary N) is 1. The first-order chi connectivity index (χ1) is 13.5. The quantitative estimate of drug-likeness (QED) is 0.549. The Morgan fingerprint density at radius 1 is 1.04 bits per heavy atom. The number of amides is 1. The average Bonchev–Trinajstić information content (AvgIpc) is 3.16. The van der Waals surface area contributed by atoms with Gasteiger partial charge in [0.15, 0.2) is 0 Å². The number of hydrogen-bond acceptors (Lipinski definition) is 5. The molecule has 0 aliphatic rings. The Bertz CT molecular complexity index is 892. The maximum Gasteiger partial charge on any atom is 0.277 e. The molecular formula is C22H25N3O2S. The zero-order valence-electron chi connectivity index (χ0n) is 16.4. The van der Waals surface area contributed by atoms with E-state index >= 15 is 0 Å². The van der Waals surface area contributed by atoms with Gasteiger partial charge in [-0.15, -0.1) is 10.2 Å². The summed E-state index contributed by atoms with van der Waals surface area (Å²) in [6.45, 7) is 6.40. The molecule has 1 atom stereocenters. The zero-order valence-corrected chi connectivity index (χ0v) is 17.2. The largest absolute Gasteiger partial charge is 0.411 e. The third-order valence-electron chi connectivity index (χ3n) is 4.26. The molecule has 5 nitrogen and oxygen atoms in total. The average molecular weight is 396 g/mol.